The van der Waals surface area contributed by atoms with Gasteiger partial charge in [0.15, 0.2) is 0 Å². The lowest BCUT2D eigenvalue weighted by molar-refractivity contribution is -0.137. The van der Waals surface area contributed by atoms with Crippen LogP contribution in [0.2, 0.25) is 0 Å². The monoisotopic (exact) mass is 545 g/mol. The fraction of sp³-hybridized carbons (Fsp3) is 0.462. The Morgan fingerprint density at radius 3 is 2.62 bits per heavy atom. The molecule has 5 nitrogen and oxygen atoms in total. The topological polar surface area (TPSA) is 55.8 Å². The van der Waals surface area contributed by atoms with Crippen LogP contribution in [-0.2, 0) is 28.0 Å². The third kappa shape index (κ3) is 8.02. The summed E-state index contributed by atoms with van der Waals surface area (Å²) < 4.78 is 78.2. The highest BCUT2D eigenvalue weighted by atomic mass is 32.1. The van der Waals surface area contributed by atoms with Crippen LogP contribution in [0.1, 0.15) is 58.8 Å². The van der Waals surface area contributed by atoms with Gasteiger partial charge >= 0.3 is 18.2 Å². The number of benzene rings is 1. The van der Waals surface area contributed by atoms with Crippen LogP contribution in [0, 0.1) is 0 Å². The number of esters is 1. The molecule has 1 fully saturated rings. The number of rotatable bonds is 10. The first-order valence-corrected chi connectivity index (χ1v) is 12.6. The molecule has 1 aliphatic heterocycles. The number of halogens is 5. The van der Waals surface area contributed by atoms with E-state index in [0.29, 0.717) is 36.8 Å². The molecule has 2 heterocycles. The molecule has 1 aliphatic rings. The number of aryl methyl sites for hydroxylation is 1. The fourth-order valence-corrected chi connectivity index (χ4v) is 4.76. The number of allylic oxidation sites excluding steroid dienone is 1. The van der Waals surface area contributed by atoms with E-state index in [1.165, 1.54) is 28.4 Å². The van der Waals surface area contributed by atoms with Crippen molar-refractivity contribution < 1.29 is 41.0 Å². The molecule has 0 spiro atoms. The van der Waals surface area contributed by atoms with Gasteiger partial charge in [0.05, 0.1) is 24.3 Å². The Balaban J connectivity index is 1.58. The van der Waals surface area contributed by atoms with Crippen LogP contribution in [0.15, 0.2) is 48.6 Å². The minimum atomic E-state index is -4.72. The Morgan fingerprint density at radius 1 is 1.19 bits per heavy atom. The number of ether oxygens (including phenoxy) is 2. The van der Waals surface area contributed by atoms with Gasteiger partial charge in [0, 0.05) is 29.8 Å². The quantitative estimate of drug-likeness (QED) is 0.180. The second kappa shape index (κ2) is 12.1. The van der Waals surface area contributed by atoms with Gasteiger partial charge in [0.2, 0.25) is 0 Å². The first-order chi connectivity index (χ1) is 17.4. The number of nitrogens with zero attached hydrogens (tertiary/aromatic N) is 1. The molecule has 0 aliphatic carbocycles. The van der Waals surface area contributed by atoms with Gasteiger partial charge in [-0.05, 0) is 51.0 Å². The van der Waals surface area contributed by atoms with E-state index in [1.807, 2.05) is 6.07 Å². The SMILES string of the molecule is CC(C)OC(=O)c1ccc(CCCN2C(=O)OCC[C@@H]2/C=C/CC(F)(F)c2cccc(C(F)(F)F)c2)s1. The van der Waals surface area contributed by atoms with Crippen LogP contribution in [0.4, 0.5) is 26.7 Å². The highest BCUT2D eigenvalue weighted by Gasteiger charge is 2.36. The molecule has 0 unspecified atom stereocenters. The summed E-state index contributed by atoms with van der Waals surface area (Å²) in [5, 5.41) is 0. The average Bonchev–Trinajstić information content (AvgIpc) is 3.29. The van der Waals surface area contributed by atoms with Gasteiger partial charge in [-0.2, -0.15) is 13.2 Å². The van der Waals surface area contributed by atoms with Crippen molar-refractivity contribution in [3.8, 4) is 0 Å². The van der Waals surface area contributed by atoms with Gasteiger partial charge in [-0.15, -0.1) is 11.3 Å². The first kappa shape index (κ1) is 28.6. The number of amides is 1. The summed E-state index contributed by atoms with van der Waals surface area (Å²) in [5.41, 5.74) is -1.86. The molecule has 11 heteroatoms. The van der Waals surface area contributed by atoms with E-state index in [4.69, 9.17) is 9.47 Å². The molecule has 1 atom stereocenters. The molecule has 37 heavy (non-hydrogen) atoms. The van der Waals surface area contributed by atoms with Gasteiger partial charge in [-0.25, -0.2) is 18.4 Å². The van der Waals surface area contributed by atoms with Crippen molar-refractivity contribution in [2.75, 3.05) is 13.2 Å². The summed E-state index contributed by atoms with van der Waals surface area (Å²) in [4.78, 5) is 27.2. The number of hydrogen-bond acceptors (Lipinski definition) is 5. The predicted octanol–water partition coefficient (Wildman–Crippen LogP) is 7.21. The van der Waals surface area contributed by atoms with Crippen LogP contribution in [0.25, 0.3) is 0 Å². The van der Waals surface area contributed by atoms with Crippen LogP contribution in [-0.4, -0.2) is 42.3 Å². The molecular formula is C26H28F5NO4S. The smallest absolute Gasteiger partial charge is 0.416 e. The number of thiophene rings is 1. The van der Waals surface area contributed by atoms with Crippen LogP contribution < -0.4 is 0 Å². The van der Waals surface area contributed by atoms with Crippen molar-refractivity contribution in [1.29, 1.82) is 0 Å². The summed E-state index contributed by atoms with van der Waals surface area (Å²) in [5.74, 6) is -3.90. The maximum absolute atomic E-state index is 14.6. The van der Waals surface area contributed by atoms with E-state index in [-0.39, 0.29) is 12.7 Å². The number of cyclic esters (lactones) is 1. The second-order valence-electron chi connectivity index (χ2n) is 8.90. The second-order valence-corrected chi connectivity index (χ2v) is 10.1. The van der Waals surface area contributed by atoms with E-state index in [0.717, 1.165) is 23.1 Å². The molecule has 3 rings (SSSR count). The highest BCUT2D eigenvalue weighted by molar-refractivity contribution is 7.13. The summed E-state index contributed by atoms with van der Waals surface area (Å²) in [6, 6.07) is 6.16. The highest BCUT2D eigenvalue weighted by Crippen LogP contribution is 2.36. The Morgan fingerprint density at radius 2 is 1.92 bits per heavy atom. The van der Waals surface area contributed by atoms with Crippen LogP contribution in [0.5, 0.6) is 0 Å². The third-order valence-electron chi connectivity index (χ3n) is 5.65. The summed E-state index contributed by atoms with van der Waals surface area (Å²) in [7, 11) is 0. The third-order valence-corrected chi connectivity index (χ3v) is 6.77. The fourth-order valence-electron chi connectivity index (χ4n) is 3.83. The van der Waals surface area contributed by atoms with Crippen molar-refractivity contribution in [2.24, 2.45) is 0 Å². The zero-order chi connectivity index (χ0) is 27.2. The Bertz CT molecular complexity index is 1110. The maximum Gasteiger partial charge on any atom is 0.416 e. The number of alkyl halides is 5. The van der Waals surface area contributed by atoms with E-state index in [2.05, 4.69) is 0 Å². The first-order valence-electron chi connectivity index (χ1n) is 11.8. The van der Waals surface area contributed by atoms with E-state index in [9.17, 15) is 31.5 Å². The lowest BCUT2D eigenvalue weighted by Crippen LogP contribution is -2.45. The molecular weight excluding hydrogens is 517 g/mol. The summed E-state index contributed by atoms with van der Waals surface area (Å²) >= 11 is 1.31. The normalized spacial score (nSPS) is 16.9. The van der Waals surface area contributed by atoms with E-state index < -0.39 is 47.8 Å². The Kier molecular flexibility index (Phi) is 9.33. The van der Waals surface area contributed by atoms with Crippen LogP contribution >= 0.6 is 11.3 Å². The molecule has 0 N–H and O–H groups in total. The Hall–Kier alpha value is -2.95. The van der Waals surface area contributed by atoms with E-state index >= 15 is 0 Å². The molecule has 0 saturated carbocycles. The van der Waals surface area contributed by atoms with Crippen molar-refractivity contribution in [1.82, 2.24) is 4.90 Å². The van der Waals surface area contributed by atoms with Crippen molar-refractivity contribution in [2.45, 2.75) is 63.8 Å². The standard InChI is InChI=1S/C26H28F5NO4S/c1-17(2)36-23(33)22-11-10-21(37-22)9-5-14-32-20(12-15-35-24(32)34)8-4-13-25(27,28)18-6-3-7-19(16-18)26(29,30)31/h3-4,6-8,10-11,16-17,20H,5,9,12-15H2,1-2H3/b8-4+/t20-/m0/s1. The lowest BCUT2D eigenvalue weighted by atomic mass is 10.0. The molecule has 1 aromatic carbocycles. The minimum absolute atomic E-state index is 0.139. The predicted molar refractivity (Wildman–Crippen MR) is 129 cm³/mol. The Labute approximate surface area is 215 Å². The molecule has 1 amide bonds. The zero-order valence-electron chi connectivity index (χ0n) is 20.4. The van der Waals surface area contributed by atoms with Gasteiger partial charge in [-0.3, -0.25) is 0 Å². The summed E-state index contributed by atoms with van der Waals surface area (Å²) in [6.07, 6.45) is -2.08. The van der Waals surface area contributed by atoms with E-state index in [1.54, 1.807) is 19.9 Å². The molecule has 202 valence electrons. The van der Waals surface area contributed by atoms with Gasteiger partial charge in [0.1, 0.15) is 4.88 Å². The summed E-state index contributed by atoms with van der Waals surface area (Å²) in [6.45, 7) is 3.98. The minimum Gasteiger partial charge on any atom is -0.459 e. The number of hydrogen-bond donors (Lipinski definition) is 0. The van der Waals surface area contributed by atoms with Gasteiger partial charge in [0.25, 0.3) is 5.92 Å². The number of carbonyl (C=O) groups excluding carboxylic acids is 2. The average molecular weight is 546 g/mol. The zero-order valence-corrected chi connectivity index (χ0v) is 21.2. The largest absolute Gasteiger partial charge is 0.459 e. The van der Waals surface area contributed by atoms with Gasteiger partial charge < -0.3 is 14.4 Å². The van der Waals surface area contributed by atoms with Crippen LogP contribution in [0.3, 0.4) is 0 Å². The number of carbonyl (C=O) groups is 2. The van der Waals surface area contributed by atoms with Gasteiger partial charge in [-0.1, -0.05) is 24.3 Å². The molecule has 1 aromatic heterocycles. The van der Waals surface area contributed by atoms with Crippen molar-refractivity contribution >= 4 is 23.4 Å². The maximum atomic E-state index is 14.6. The van der Waals surface area contributed by atoms with Crippen molar-refractivity contribution in [3.63, 3.8) is 0 Å². The molecule has 1 saturated heterocycles. The molecule has 0 bridgehead atoms. The molecule has 0 radical (unpaired) electrons. The van der Waals surface area contributed by atoms with Crippen molar-refractivity contribution in [3.05, 3.63) is 69.4 Å². The molecule has 2 aromatic rings. The lowest BCUT2D eigenvalue weighted by Gasteiger charge is -2.33.